The summed E-state index contributed by atoms with van der Waals surface area (Å²) in [6, 6.07) is 10.0. The molecule has 0 atom stereocenters. The van der Waals surface area contributed by atoms with E-state index in [9.17, 15) is 24.8 Å². The van der Waals surface area contributed by atoms with Crippen LogP contribution in [-0.2, 0) is 0 Å². The highest BCUT2D eigenvalue weighted by Crippen LogP contribution is 2.24. The minimum Gasteiger partial charge on any atom is -0.478 e. The molecule has 0 radical (unpaired) electrons. The van der Waals surface area contributed by atoms with Gasteiger partial charge in [-0.3, -0.25) is 14.9 Å². The number of unbranched alkanes of at least 4 members (excludes halogenated alkanes) is 1. The van der Waals surface area contributed by atoms with E-state index < -0.39 is 16.8 Å². The molecule has 2 aromatic carbocycles. The quantitative estimate of drug-likeness (QED) is 0.376. The Morgan fingerprint density at radius 1 is 1.12 bits per heavy atom. The van der Waals surface area contributed by atoms with Crippen molar-refractivity contribution in [2.75, 3.05) is 17.2 Å². The van der Waals surface area contributed by atoms with Crippen LogP contribution in [0.1, 0.15) is 40.5 Å². The van der Waals surface area contributed by atoms with Crippen LogP contribution in [-0.4, -0.2) is 28.5 Å². The fourth-order valence-electron chi connectivity index (χ4n) is 2.36. The molecule has 0 saturated heterocycles. The summed E-state index contributed by atoms with van der Waals surface area (Å²) in [7, 11) is 0. The number of nitrogens with one attached hydrogen (secondary N) is 2. The third-order valence-corrected chi connectivity index (χ3v) is 3.71. The van der Waals surface area contributed by atoms with Crippen LogP contribution in [0.25, 0.3) is 0 Å². The molecule has 2 aromatic rings. The maximum absolute atomic E-state index is 12.6. The first kappa shape index (κ1) is 18.9. The molecule has 1 amide bonds. The number of amides is 1. The normalized spacial score (nSPS) is 10.2. The SMILES string of the molecule is CCCCNc1ccccc1C(=O)Nc1cc([N+](=O)[O-])ccc1C(=O)O. The van der Waals surface area contributed by atoms with Gasteiger partial charge in [0.1, 0.15) is 0 Å². The first-order chi connectivity index (χ1) is 12.4. The molecule has 0 aliphatic heterocycles. The molecule has 0 heterocycles. The number of nitrogens with zero attached hydrogens (tertiary/aromatic N) is 1. The average Bonchev–Trinajstić information content (AvgIpc) is 2.62. The van der Waals surface area contributed by atoms with Crippen LogP contribution < -0.4 is 10.6 Å². The molecule has 0 unspecified atom stereocenters. The Morgan fingerprint density at radius 3 is 2.50 bits per heavy atom. The number of nitro groups is 1. The van der Waals surface area contributed by atoms with Gasteiger partial charge in [-0.1, -0.05) is 25.5 Å². The number of hydrogen-bond acceptors (Lipinski definition) is 5. The fraction of sp³-hybridized carbons (Fsp3) is 0.222. The predicted octanol–water partition coefficient (Wildman–Crippen LogP) is 3.76. The van der Waals surface area contributed by atoms with Crippen molar-refractivity contribution in [2.45, 2.75) is 19.8 Å². The van der Waals surface area contributed by atoms with Gasteiger partial charge in [-0.15, -0.1) is 0 Å². The van der Waals surface area contributed by atoms with Gasteiger partial charge in [0.2, 0.25) is 0 Å². The smallest absolute Gasteiger partial charge is 0.337 e. The van der Waals surface area contributed by atoms with Crippen molar-refractivity contribution in [2.24, 2.45) is 0 Å². The van der Waals surface area contributed by atoms with Gasteiger partial charge in [0.15, 0.2) is 0 Å². The summed E-state index contributed by atoms with van der Waals surface area (Å²) in [6.45, 7) is 2.74. The third kappa shape index (κ3) is 4.56. The van der Waals surface area contributed by atoms with Gasteiger partial charge in [0.25, 0.3) is 11.6 Å². The second kappa shape index (κ2) is 8.61. The van der Waals surface area contributed by atoms with E-state index in [4.69, 9.17) is 0 Å². The molecule has 0 aliphatic carbocycles. The number of nitro benzene ring substituents is 1. The highest BCUT2D eigenvalue weighted by molar-refractivity contribution is 6.10. The molecular formula is C18H19N3O5. The standard InChI is InChI=1S/C18H19N3O5/c1-2-3-10-19-15-7-5-4-6-13(15)17(22)20-16-11-12(21(25)26)8-9-14(16)18(23)24/h4-9,11,19H,2-3,10H2,1H3,(H,20,22)(H,23,24). The molecule has 0 aliphatic rings. The molecule has 3 N–H and O–H groups in total. The minimum atomic E-state index is -1.29. The van der Waals surface area contributed by atoms with Crippen LogP contribution in [0, 0.1) is 10.1 Å². The van der Waals surface area contributed by atoms with Gasteiger partial charge in [0, 0.05) is 24.4 Å². The number of benzene rings is 2. The summed E-state index contributed by atoms with van der Waals surface area (Å²) < 4.78 is 0. The summed E-state index contributed by atoms with van der Waals surface area (Å²) in [6.07, 6.45) is 1.93. The number of carbonyl (C=O) groups excluding carboxylic acids is 1. The first-order valence-corrected chi connectivity index (χ1v) is 8.10. The molecule has 0 aromatic heterocycles. The van der Waals surface area contributed by atoms with Gasteiger partial charge < -0.3 is 15.7 Å². The monoisotopic (exact) mass is 357 g/mol. The van der Waals surface area contributed by atoms with Crippen molar-refractivity contribution in [3.05, 3.63) is 63.7 Å². The zero-order valence-electron chi connectivity index (χ0n) is 14.2. The summed E-state index contributed by atoms with van der Waals surface area (Å²) in [5.74, 6) is -1.84. The molecule has 26 heavy (non-hydrogen) atoms. The molecule has 0 saturated carbocycles. The van der Waals surface area contributed by atoms with Crippen LogP contribution in [0.3, 0.4) is 0 Å². The van der Waals surface area contributed by atoms with E-state index in [0.29, 0.717) is 17.8 Å². The number of carbonyl (C=O) groups is 2. The number of hydrogen-bond donors (Lipinski definition) is 3. The molecule has 8 nitrogen and oxygen atoms in total. The lowest BCUT2D eigenvalue weighted by Crippen LogP contribution is -2.17. The maximum atomic E-state index is 12.6. The predicted molar refractivity (Wildman–Crippen MR) is 97.8 cm³/mol. The van der Waals surface area contributed by atoms with Crippen molar-refractivity contribution in [3.63, 3.8) is 0 Å². The summed E-state index contributed by atoms with van der Waals surface area (Å²) in [4.78, 5) is 34.2. The minimum absolute atomic E-state index is 0.125. The maximum Gasteiger partial charge on any atom is 0.337 e. The highest BCUT2D eigenvalue weighted by atomic mass is 16.6. The number of non-ortho nitro benzene ring substituents is 1. The van der Waals surface area contributed by atoms with Crippen molar-refractivity contribution in [3.8, 4) is 0 Å². The van der Waals surface area contributed by atoms with Gasteiger partial charge in [-0.2, -0.15) is 0 Å². The number of carboxylic acids is 1. The van der Waals surface area contributed by atoms with Gasteiger partial charge >= 0.3 is 5.97 Å². The van der Waals surface area contributed by atoms with Crippen LogP contribution in [0.4, 0.5) is 17.1 Å². The van der Waals surface area contributed by atoms with Gasteiger partial charge in [-0.25, -0.2) is 4.79 Å². The Kier molecular flexibility index (Phi) is 6.26. The average molecular weight is 357 g/mol. The largest absolute Gasteiger partial charge is 0.478 e. The second-order valence-corrected chi connectivity index (χ2v) is 5.57. The van der Waals surface area contributed by atoms with Crippen molar-refractivity contribution in [1.29, 1.82) is 0 Å². The zero-order valence-corrected chi connectivity index (χ0v) is 14.2. The summed E-state index contributed by atoms with van der Waals surface area (Å²) >= 11 is 0. The molecule has 0 fully saturated rings. The lowest BCUT2D eigenvalue weighted by Gasteiger charge is -2.13. The molecule has 0 bridgehead atoms. The van der Waals surface area contributed by atoms with Crippen LogP contribution >= 0.6 is 0 Å². The van der Waals surface area contributed by atoms with E-state index in [2.05, 4.69) is 17.6 Å². The lowest BCUT2D eigenvalue weighted by molar-refractivity contribution is -0.384. The molecule has 0 spiro atoms. The number of rotatable bonds is 8. The van der Waals surface area contributed by atoms with E-state index in [1.165, 1.54) is 0 Å². The van der Waals surface area contributed by atoms with Crippen molar-refractivity contribution in [1.82, 2.24) is 0 Å². The first-order valence-electron chi connectivity index (χ1n) is 8.10. The van der Waals surface area contributed by atoms with E-state index >= 15 is 0 Å². The molecular weight excluding hydrogens is 338 g/mol. The fourth-order valence-corrected chi connectivity index (χ4v) is 2.36. The van der Waals surface area contributed by atoms with Crippen LogP contribution in [0.2, 0.25) is 0 Å². The van der Waals surface area contributed by atoms with Gasteiger partial charge in [0.05, 0.1) is 21.7 Å². The Hall–Kier alpha value is -3.42. The van der Waals surface area contributed by atoms with Crippen LogP contribution in [0.5, 0.6) is 0 Å². The van der Waals surface area contributed by atoms with E-state index in [1.54, 1.807) is 24.3 Å². The Bertz CT molecular complexity index is 835. The highest BCUT2D eigenvalue weighted by Gasteiger charge is 2.19. The molecule has 8 heteroatoms. The summed E-state index contributed by atoms with van der Waals surface area (Å²) in [5.41, 5.74) is 0.285. The lowest BCUT2D eigenvalue weighted by atomic mass is 10.1. The topological polar surface area (TPSA) is 122 Å². The number of anilines is 2. The van der Waals surface area contributed by atoms with E-state index in [-0.39, 0.29) is 16.9 Å². The zero-order chi connectivity index (χ0) is 19.1. The van der Waals surface area contributed by atoms with Gasteiger partial charge in [-0.05, 0) is 24.6 Å². The van der Waals surface area contributed by atoms with E-state index in [0.717, 1.165) is 31.0 Å². The van der Waals surface area contributed by atoms with E-state index in [1.807, 2.05) is 0 Å². The Balaban J connectivity index is 2.31. The van der Waals surface area contributed by atoms with Crippen molar-refractivity contribution >= 4 is 28.9 Å². The summed E-state index contributed by atoms with van der Waals surface area (Å²) in [5, 5.41) is 25.8. The molecule has 2 rings (SSSR count). The molecule has 136 valence electrons. The van der Waals surface area contributed by atoms with Crippen LogP contribution in [0.15, 0.2) is 42.5 Å². The Labute approximate surface area is 150 Å². The third-order valence-electron chi connectivity index (χ3n) is 3.71. The second-order valence-electron chi connectivity index (χ2n) is 5.57. The number of aromatic carboxylic acids is 1. The van der Waals surface area contributed by atoms with Crippen molar-refractivity contribution < 1.29 is 19.6 Å². The number of para-hydroxylation sites is 1. The number of carboxylic acid groups (broad SMARTS) is 1. The Morgan fingerprint density at radius 2 is 1.85 bits per heavy atom.